The van der Waals surface area contributed by atoms with E-state index in [2.05, 4.69) is 21.8 Å². The molecule has 4 nitrogen and oxygen atoms in total. The molecule has 4 aromatic rings. The van der Waals surface area contributed by atoms with Gasteiger partial charge in [-0.05, 0) is 57.1 Å². The van der Waals surface area contributed by atoms with Crippen LogP contribution in [0.5, 0.6) is 0 Å². The molecule has 0 aliphatic heterocycles. The molecule has 0 amide bonds. The van der Waals surface area contributed by atoms with Crippen molar-refractivity contribution >= 4 is 11.3 Å². The molecule has 4 heteroatoms. The minimum Gasteiger partial charge on any atom is -0.237 e. The molecule has 0 unspecified atom stereocenters. The van der Waals surface area contributed by atoms with Crippen molar-refractivity contribution in [3.63, 3.8) is 0 Å². The van der Waals surface area contributed by atoms with E-state index in [1.54, 1.807) is 12.1 Å². The van der Waals surface area contributed by atoms with Gasteiger partial charge in [0.2, 0.25) is 0 Å². The molecule has 0 heterocycles. The molecule has 154 valence electrons. The van der Waals surface area contributed by atoms with E-state index in [4.69, 9.17) is 13.1 Å². The molecular formula is C30H14N4. The Balaban J connectivity index is 1.87. The van der Waals surface area contributed by atoms with Gasteiger partial charge in [0.05, 0.1) is 30.8 Å². The van der Waals surface area contributed by atoms with Crippen LogP contribution in [-0.2, 0) is 0 Å². The zero-order valence-electron chi connectivity index (χ0n) is 17.9. The van der Waals surface area contributed by atoms with E-state index in [0.717, 1.165) is 44.5 Å². The summed E-state index contributed by atoms with van der Waals surface area (Å²) in [5.74, 6) is 0. The third-order valence-electron chi connectivity index (χ3n) is 5.99. The second-order valence-electron chi connectivity index (χ2n) is 7.76. The minimum absolute atomic E-state index is 0.0155. The van der Waals surface area contributed by atoms with Gasteiger partial charge in [0, 0.05) is 11.1 Å². The summed E-state index contributed by atoms with van der Waals surface area (Å²) in [6, 6.07) is 30.9. The molecule has 0 aromatic heterocycles. The standard InChI is InChI=1S/C30H14N4/c1-33-28-16-25-24-13-21(17-31)22(19-9-5-3-6-10-19)14-26(24)30(29(18-32)34-2)27(25)15-23(28)20-11-7-4-8-12-20/h3-16H/b30-29-. The second kappa shape index (κ2) is 8.26. The molecule has 0 radical (unpaired) electrons. The van der Waals surface area contributed by atoms with Crippen molar-refractivity contribution in [2.24, 2.45) is 0 Å². The van der Waals surface area contributed by atoms with Crippen LogP contribution in [0.25, 0.3) is 48.6 Å². The van der Waals surface area contributed by atoms with Crippen molar-refractivity contribution in [2.75, 3.05) is 0 Å². The molecule has 0 atom stereocenters. The topological polar surface area (TPSA) is 56.3 Å². The van der Waals surface area contributed by atoms with Crippen molar-refractivity contribution in [3.8, 4) is 45.5 Å². The summed E-state index contributed by atoms with van der Waals surface area (Å²) in [5.41, 5.74) is 7.69. The number of hydrogen-bond acceptors (Lipinski definition) is 2. The summed E-state index contributed by atoms with van der Waals surface area (Å²) in [5, 5.41) is 19.7. The first-order chi connectivity index (χ1) is 16.7. The Morgan fingerprint density at radius 3 is 1.74 bits per heavy atom. The molecule has 5 rings (SSSR count). The average Bonchev–Trinajstić information content (AvgIpc) is 3.21. The van der Waals surface area contributed by atoms with Gasteiger partial charge in [0.15, 0.2) is 5.69 Å². The summed E-state index contributed by atoms with van der Waals surface area (Å²) < 4.78 is 0. The van der Waals surface area contributed by atoms with Gasteiger partial charge in [-0.1, -0.05) is 66.7 Å². The molecule has 0 saturated heterocycles. The third kappa shape index (κ3) is 3.13. The summed E-state index contributed by atoms with van der Waals surface area (Å²) in [4.78, 5) is 7.28. The molecule has 4 aromatic carbocycles. The highest BCUT2D eigenvalue weighted by atomic mass is 14.7. The van der Waals surface area contributed by atoms with Crippen LogP contribution >= 0.6 is 0 Å². The van der Waals surface area contributed by atoms with Crippen molar-refractivity contribution in [3.05, 3.63) is 130 Å². The maximum absolute atomic E-state index is 9.91. The lowest BCUT2D eigenvalue weighted by Crippen LogP contribution is -1.91. The Morgan fingerprint density at radius 1 is 0.647 bits per heavy atom. The van der Waals surface area contributed by atoms with Crippen LogP contribution < -0.4 is 0 Å². The van der Waals surface area contributed by atoms with Gasteiger partial charge >= 0.3 is 0 Å². The quantitative estimate of drug-likeness (QED) is 0.214. The van der Waals surface area contributed by atoms with Gasteiger partial charge in [-0.2, -0.15) is 5.26 Å². The Morgan fingerprint density at radius 2 is 1.21 bits per heavy atom. The van der Waals surface area contributed by atoms with Crippen molar-refractivity contribution in [1.82, 2.24) is 0 Å². The fraction of sp³-hybridized carbons (Fsp3) is 0. The first-order valence-electron chi connectivity index (χ1n) is 10.5. The zero-order valence-corrected chi connectivity index (χ0v) is 17.9. The molecule has 0 N–H and O–H groups in total. The van der Waals surface area contributed by atoms with Crippen LogP contribution in [0.4, 0.5) is 5.69 Å². The molecule has 0 fully saturated rings. The van der Waals surface area contributed by atoms with E-state index >= 15 is 0 Å². The van der Waals surface area contributed by atoms with Gasteiger partial charge < -0.3 is 0 Å². The Labute approximate surface area is 197 Å². The van der Waals surface area contributed by atoms with Crippen LogP contribution in [0.2, 0.25) is 0 Å². The van der Waals surface area contributed by atoms with Crippen molar-refractivity contribution < 1.29 is 0 Å². The normalized spacial score (nSPS) is 12.4. The number of nitriles is 2. The highest BCUT2D eigenvalue weighted by Gasteiger charge is 2.29. The van der Waals surface area contributed by atoms with E-state index in [0.29, 0.717) is 16.8 Å². The lowest BCUT2D eigenvalue weighted by Gasteiger charge is -2.10. The van der Waals surface area contributed by atoms with Crippen LogP contribution in [0, 0.1) is 35.8 Å². The first kappa shape index (κ1) is 20.5. The monoisotopic (exact) mass is 430 g/mol. The number of nitrogens with zero attached hydrogens (tertiary/aromatic N) is 4. The number of fused-ring (bicyclic) bond motifs is 3. The Kier molecular flexibility index (Phi) is 4.97. The molecule has 0 spiro atoms. The predicted molar refractivity (Wildman–Crippen MR) is 132 cm³/mol. The third-order valence-corrected chi connectivity index (χ3v) is 5.99. The van der Waals surface area contributed by atoms with Crippen LogP contribution in [0.15, 0.2) is 90.6 Å². The van der Waals surface area contributed by atoms with E-state index in [-0.39, 0.29) is 5.70 Å². The number of rotatable bonds is 2. The number of hydrogen-bond donors (Lipinski definition) is 0. The molecule has 1 aliphatic rings. The van der Waals surface area contributed by atoms with Crippen molar-refractivity contribution in [2.45, 2.75) is 0 Å². The van der Waals surface area contributed by atoms with Gasteiger partial charge in [0.25, 0.3) is 5.70 Å². The predicted octanol–water partition coefficient (Wildman–Crippen LogP) is 7.63. The van der Waals surface area contributed by atoms with Gasteiger partial charge in [-0.3, -0.25) is 0 Å². The SMILES string of the molecule is [C-]#[N+]/C(C#N)=C1/c2cc(-c3ccccc3)c(C#N)cc2-c2cc([N+]#[C-])c(-c3ccccc3)cc21. The average molecular weight is 430 g/mol. The summed E-state index contributed by atoms with van der Waals surface area (Å²) >= 11 is 0. The molecule has 34 heavy (non-hydrogen) atoms. The van der Waals surface area contributed by atoms with E-state index in [9.17, 15) is 10.5 Å². The fourth-order valence-corrected chi connectivity index (χ4v) is 4.47. The first-order valence-corrected chi connectivity index (χ1v) is 10.5. The number of benzene rings is 4. The summed E-state index contributed by atoms with van der Waals surface area (Å²) in [7, 11) is 0. The van der Waals surface area contributed by atoms with E-state index < -0.39 is 0 Å². The highest BCUT2D eigenvalue weighted by Crippen LogP contribution is 2.51. The highest BCUT2D eigenvalue weighted by molar-refractivity contribution is 6.07. The maximum Gasteiger partial charge on any atom is 0.270 e. The summed E-state index contributed by atoms with van der Waals surface area (Å²) in [6.45, 7) is 15.4. The minimum atomic E-state index is -0.0155. The van der Waals surface area contributed by atoms with E-state index in [1.165, 1.54) is 0 Å². The second-order valence-corrected chi connectivity index (χ2v) is 7.76. The van der Waals surface area contributed by atoms with Crippen molar-refractivity contribution in [1.29, 1.82) is 10.5 Å². The van der Waals surface area contributed by atoms with Crippen LogP contribution in [0.1, 0.15) is 16.7 Å². The molecule has 0 saturated carbocycles. The fourth-order valence-electron chi connectivity index (χ4n) is 4.47. The van der Waals surface area contributed by atoms with Crippen LogP contribution in [0.3, 0.4) is 0 Å². The molecule has 0 bridgehead atoms. The summed E-state index contributed by atoms with van der Waals surface area (Å²) in [6.07, 6.45) is 0. The van der Waals surface area contributed by atoms with Gasteiger partial charge in [-0.25, -0.2) is 15.0 Å². The Bertz CT molecular complexity index is 1540. The lowest BCUT2D eigenvalue weighted by molar-refractivity contribution is 1.47. The van der Waals surface area contributed by atoms with Crippen LogP contribution in [-0.4, -0.2) is 0 Å². The molecular weight excluding hydrogens is 416 g/mol. The van der Waals surface area contributed by atoms with Gasteiger partial charge in [-0.15, -0.1) is 0 Å². The molecule has 1 aliphatic carbocycles. The van der Waals surface area contributed by atoms with Gasteiger partial charge in [0.1, 0.15) is 0 Å². The zero-order chi connectivity index (χ0) is 23.7. The smallest absolute Gasteiger partial charge is 0.237 e. The van der Waals surface area contributed by atoms with E-state index in [1.807, 2.05) is 72.8 Å². The largest absolute Gasteiger partial charge is 0.270 e. The lowest BCUT2D eigenvalue weighted by atomic mass is 9.93. The number of allylic oxidation sites excluding steroid dienone is 1. The maximum atomic E-state index is 9.91. The Hall–Kier alpha value is -5.42.